The summed E-state index contributed by atoms with van der Waals surface area (Å²) in [4.78, 5) is 28.7. The van der Waals surface area contributed by atoms with E-state index in [4.69, 9.17) is 11.5 Å². The molecule has 0 bridgehead atoms. The van der Waals surface area contributed by atoms with Gasteiger partial charge in [-0.2, -0.15) is 0 Å². The van der Waals surface area contributed by atoms with Crippen LogP contribution in [0.4, 0.5) is 4.39 Å². The van der Waals surface area contributed by atoms with E-state index < -0.39 is 17.7 Å². The fraction of sp³-hybridized carbons (Fsp3) is 0.714. The molecule has 0 aromatic carbocycles. The van der Waals surface area contributed by atoms with E-state index in [1.807, 2.05) is 0 Å². The first-order chi connectivity index (χ1) is 6.40. The van der Waals surface area contributed by atoms with Crippen LogP contribution >= 0.6 is 0 Å². The number of carbonyl (C=O) groups excluding carboxylic acids is 2. The van der Waals surface area contributed by atoms with Crippen LogP contribution in [0.1, 0.15) is 19.8 Å². The van der Waals surface area contributed by atoms with Gasteiger partial charge in [0.05, 0.1) is 0 Å². The number of hydrogen-bond donors (Lipinski definition) is 2. The quantitative estimate of drug-likeness (QED) is 0.362. The van der Waals surface area contributed by atoms with Gasteiger partial charge in [0.15, 0.2) is 0 Å². The van der Waals surface area contributed by atoms with E-state index in [1.165, 1.54) is 0 Å². The van der Waals surface area contributed by atoms with E-state index >= 15 is 0 Å². The highest BCUT2D eigenvalue weighted by Gasteiger charge is 2.36. The van der Waals surface area contributed by atoms with Crippen molar-refractivity contribution in [1.29, 1.82) is 0 Å². The summed E-state index contributed by atoms with van der Waals surface area (Å²) in [7, 11) is 0. The molecule has 4 N–H and O–H groups in total. The third-order valence-corrected chi connectivity index (χ3v) is 1.32. The van der Waals surface area contributed by atoms with E-state index in [0.29, 0.717) is 0 Å². The lowest BCUT2D eigenvalue weighted by molar-refractivity contribution is -0.265. The molecule has 0 aromatic rings. The SMILES string of the molecule is CC(=O)OOC(=O)C(N)(F)CCCN. The van der Waals surface area contributed by atoms with Crippen molar-refractivity contribution in [3.05, 3.63) is 0 Å². The molecular weight excluding hydrogens is 195 g/mol. The van der Waals surface area contributed by atoms with Gasteiger partial charge < -0.3 is 5.73 Å². The number of halogens is 1. The standard InChI is InChI=1S/C7H13FN2O4/c1-5(11)13-14-6(12)7(8,10)3-2-4-9/h2-4,9-10H2,1H3. The highest BCUT2D eigenvalue weighted by Crippen LogP contribution is 2.13. The summed E-state index contributed by atoms with van der Waals surface area (Å²) in [5.41, 5.74) is 10.0. The average Bonchev–Trinajstić information content (AvgIpc) is 2.10. The van der Waals surface area contributed by atoms with Crippen molar-refractivity contribution in [2.24, 2.45) is 11.5 Å². The summed E-state index contributed by atoms with van der Waals surface area (Å²) in [6, 6.07) is 0. The Kier molecular flexibility index (Phi) is 5.03. The number of rotatable bonds is 4. The molecule has 82 valence electrons. The van der Waals surface area contributed by atoms with Crippen molar-refractivity contribution in [1.82, 2.24) is 0 Å². The van der Waals surface area contributed by atoms with Gasteiger partial charge in [0, 0.05) is 13.3 Å². The van der Waals surface area contributed by atoms with Gasteiger partial charge in [-0.3, -0.25) is 5.73 Å². The molecule has 0 aliphatic rings. The third-order valence-electron chi connectivity index (χ3n) is 1.32. The van der Waals surface area contributed by atoms with Crippen molar-refractivity contribution in [2.75, 3.05) is 6.54 Å². The molecule has 1 atom stereocenters. The zero-order chi connectivity index (χ0) is 11.2. The molecule has 0 saturated carbocycles. The molecule has 0 spiro atoms. The lowest BCUT2D eigenvalue weighted by Gasteiger charge is -2.15. The smallest absolute Gasteiger partial charge is 0.330 e. The molecule has 0 heterocycles. The summed E-state index contributed by atoms with van der Waals surface area (Å²) in [5.74, 6) is -4.98. The lowest BCUT2D eigenvalue weighted by atomic mass is 10.1. The van der Waals surface area contributed by atoms with Crippen LogP contribution in [0.25, 0.3) is 0 Å². The molecule has 0 aliphatic heterocycles. The number of nitrogens with two attached hydrogens (primary N) is 2. The molecule has 1 unspecified atom stereocenters. The highest BCUT2D eigenvalue weighted by atomic mass is 19.1. The Morgan fingerprint density at radius 3 is 2.43 bits per heavy atom. The Bertz CT molecular complexity index is 220. The monoisotopic (exact) mass is 208 g/mol. The van der Waals surface area contributed by atoms with E-state index in [9.17, 15) is 14.0 Å². The fourth-order valence-electron chi connectivity index (χ4n) is 0.627. The van der Waals surface area contributed by atoms with Crippen LogP contribution in [0.15, 0.2) is 0 Å². The minimum Gasteiger partial charge on any atom is -0.330 e. The first-order valence-electron chi connectivity index (χ1n) is 3.97. The maximum absolute atomic E-state index is 13.2. The molecule has 14 heavy (non-hydrogen) atoms. The topological polar surface area (TPSA) is 105 Å². The summed E-state index contributed by atoms with van der Waals surface area (Å²) >= 11 is 0. The fourth-order valence-corrected chi connectivity index (χ4v) is 0.627. The molecule has 0 aromatic heterocycles. The molecule has 0 radical (unpaired) electrons. The summed E-state index contributed by atoms with van der Waals surface area (Å²) < 4.78 is 13.2. The van der Waals surface area contributed by atoms with Gasteiger partial charge in [0.25, 0.3) is 5.79 Å². The van der Waals surface area contributed by atoms with Gasteiger partial charge in [-0.1, -0.05) is 0 Å². The van der Waals surface area contributed by atoms with Crippen LogP contribution < -0.4 is 11.5 Å². The predicted octanol–water partition coefficient (Wildman–Crippen LogP) is -0.629. The Balaban J connectivity index is 4.00. The van der Waals surface area contributed by atoms with Crippen LogP contribution in [-0.4, -0.2) is 24.3 Å². The van der Waals surface area contributed by atoms with E-state index in [1.54, 1.807) is 0 Å². The van der Waals surface area contributed by atoms with E-state index in [-0.39, 0.29) is 19.4 Å². The first kappa shape index (κ1) is 12.8. The van der Waals surface area contributed by atoms with E-state index in [0.717, 1.165) is 6.92 Å². The Labute approximate surface area is 80.3 Å². The molecule has 0 saturated heterocycles. The molecule has 0 rings (SSSR count). The van der Waals surface area contributed by atoms with Gasteiger partial charge in [0.2, 0.25) is 0 Å². The lowest BCUT2D eigenvalue weighted by Crippen LogP contribution is -2.45. The van der Waals surface area contributed by atoms with Crippen LogP contribution in [0.3, 0.4) is 0 Å². The first-order valence-corrected chi connectivity index (χ1v) is 3.97. The van der Waals surface area contributed by atoms with Crippen molar-refractivity contribution < 1.29 is 23.8 Å². The number of alkyl halides is 1. The maximum Gasteiger partial charge on any atom is 0.406 e. The summed E-state index contributed by atoms with van der Waals surface area (Å²) in [6.07, 6.45) is -0.0637. The number of carbonyl (C=O) groups is 2. The molecule has 0 fully saturated rings. The van der Waals surface area contributed by atoms with Gasteiger partial charge in [-0.05, 0) is 13.0 Å². The average molecular weight is 208 g/mol. The van der Waals surface area contributed by atoms with Gasteiger partial charge in [-0.15, -0.1) is 0 Å². The Morgan fingerprint density at radius 2 is 2.00 bits per heavy atom. The van der Waals surface area contributed by atoms with Gasteiger partial charge in [0.1, 0.15) is 0 Å². The van der Waals surface area contributed by atoms with Crippen molar-refractivity contribution in [2.45, 2.75) is 25.6 Å². The van der Waals surface area contributed by atoms with Crippen molar-refractivity contribution in [3.63, 3.8) is 0 Å². The highest BCUT2D eigenvalue weighted by molar-refractivity contribution is 5.79. The molecule has 0 aliphatic carbocycles. The second kappa shape index (κ2) is 5.51. The molecular formula is C7H13FN2O4. The zero-order valence-corrected chi connectivity index (χ0v) is 7.79. The normalized spacial score (nSPS) is 14.3. The van der Waals surface area contributed by atoms with Crippen molar-refractivity contribution in [3.8, 4) is 0 Å². The predicted molar refractivity (Wildman–Crippen MR) is 44.2 cm³/mol. The second-order valence-corrected chi connectivity index (χ2v) is 2.70. The zero-order valence-electron chi connectivity index (χ0n) is 7.79. The minimum absolute atomic E-state index is 0.198. The van der Waals surface area contributed by atoms with E-state index in [2.05, 4.69) is 9.78 Å². The summed E-state index contributed by atoms with van der Waals surface area (Å²) in [6.45, 7) is 1.20. The van der Waals surface area contributed by atoms with Crippen LogP contribution in [0.2, 0.25) is 0 Å². The minimum atomic E-state index is -2.67. The largest absolute Gasteiger partial charge is 0.406 e. The van der Waals surface area contributed by atoms with Gasteiger partial charge >= 0.3 is 11.9 Å². The van der Waals surface area contributed by atoms with Gasteiger partial charge in [-0.25, -0.2) is 23.8 Å². The van der Waals surface area contributed by atoms with Crippen LogP contribution in [0, 0.1) is 0 Å². The molecule has 7 heteroatoms. The summed E-state index contributed by atoms with van der Waals surface area (Å²) in [5, 5.41) is 0. The van der Waals surface area contributed by atoms with Crippen LogP contribution in [-0.2, 0) is 19.4 Å². The molecule has 0 amide bonds. The Hall–Kier alpha value is -1.21. The van der Waals surface area contributed by atoms with Crippen molar-refractivity contribution >= 4 is 11.9 Å². The van der Waals surface area contributed by atoms with Crippen LogP contribution in [0.5, 0.6) is 0 Å². The Morgan fingerprint density at radius 1 is 1.43 bits per heavy atom. The maximum atomic E-state index is 13.2. The molecule has 6 nitrogen and oxygen atoms in total. The second-order valence-electron chi connectivity index (χ2n) is 2.70. The third kappa shape index (κ3) is 4.73. The number of hydrogen-bond acceptors (Lipinski definition) is 6.